The zero-order valence-electron chi connectivity index (χ0n) is 21.6. The summed E-state index contributed by atoms with van der Waals surface area (Å²) in [4.78, 5) is 29.1. The maximum Gasteiger partial charge on any atom is 0.323 e. The van der Waals surface area contributed by atoms with Gasteiger partial charge in [-0.1, -0.05) is 30.3 Å². The fourth-order valence-electron chi connectivity index (χ4n) is 4.33. The van der Waals surface area contributed by atoms with Crippen LogP contribution < -0.4 is 15.4 Å². The average Bonchev–Trinajstić information content (AvgIpc) is 3.32. The van der Waals surface area contributed by atoms with E-state index in [1.807, 2.05) is 24.3 Å². The number of carbonyl (C=O) groups excluding carboxylic acids is 1. The molecule has 4 N–H and O–H groups in total. The Labute approximate surface area is 226 Å². The van der Waals surface area contributed by atoms with Gasteiger partial charge >= 0.3 is 5.97 Å². The molecule has 0 aliphatic heterocycles. The van der Waals surface area contributed by atoms with Crippen LogP contribution in [-0.4, -0.2) is 59.3 Å². The summed E-state index contributed by atoms with van der Waals surface area (Å²) in [5.74, 6) is -1.15. The second kappa shape index (κ2) is 12.0. The van der Waals surface area contributed by atoms with E-state index in [0.717, 1.165) is 17.8 Å². The van der Waals surface area contributed by atoms with Gasteiger partial charge in [-0.2, -0.15) is 9.82 Å². The van der Waals surface area contributed by atoms with Crippen molar-refractivity contribution in [1.82, 2.24) is 24.8 Å². The van der Waals surface area contributed by atoms with Gasteiger partial charge in [-0.3, -0.25) is 14.3 Å². The summed E-state index contributed by atoms with van der Waals surface area (Å²) in [5.41, 5.74) is 2.05. The maximum absolute atomic E-state index is 13.0. The Balaban J connectivity index is 1.41. The van der Waals surface area contributed by atoms with Crippen LogP contribution in [0.3, 0.4) is 0 Å². The van der Waals surface area contributed by atoms with Crippen LogP contribution in [0.5, 0.6) is 0 Å². The van der Waals surface area contributed by atoms with Crippen molar-refractivity contribution in [2.75, 3.05) is 18.4 Å². The Bertz CT molecular complexity index is 1570. The second-order valence-corrected chi connectivity index (χ2v) is 10.7. The summed E-state index contributed by atoms with van der Waals surface area (Å²) in [5, 5.41) is 20.5. The molecule has 0 bridgehead atoms. The molecule has 0 fully saturated rings. The van der Waals surface area contributed by atoms with E-state index in [1.54, 1.807) is 61.3 Å². The molecule has 0 radical (unpaired) electrons. The highest BCUT2D eigenvalue weighted by Gasteiger charge is 2.28. The number of rotatable bonds is 12. The Morgan fingerprint density at radius 1 is 1.03 bits per heavy atom. The molecule has 0 aliphatic rings. The van der Waals surface area contributed by atoms with Crippen LogP contribution >= 0.6 is 0 Å². The van der Waals surface area contributed by atoms with Gasteiger partial charge in [-0.15, -0.1) is 0 Å². The molecule has 1 unspecified atom stereocenters. The molecule has 2 heterocycles. The van der Waals surface area contributed by atoms with Gasteiger partial charge in [0.15, 0.2) is 0 Å². The molecule has 12 heteroatoms. The van der Waals surface area contributed by atoms with E-state index in [2.05, 4.69) is 25.4 Å². The molecular formula is C27H30N6O5S. The van der Waals surface area contributed by atoms with E-state index in [-0.39, 0.29) is 4.90 Å². The van der Waals surface area contributed by atoms with Crippen LogP contribution in [0.25, 0.3) is 10.9 Å². The summed E-state index contributed by atoms with van der Waals surface area (Å²) in [6, 6.07) is 14.3. The molecule has 0 saturated carbocycles. The fourth-order valence-corrected chi connectivity index (χ4v) is 5.99. The predicted molar refractivity (Wildman–Crippen MR) is 147 cm³/mol. The molecule has 1 amide bonds. The van der Waals surface area contributed by atoms with Gasteiger partial charge in [0.25, 0.3) is 5.91 Å². The first-order valence-electron chi connectivity index (χ1n) is 12.4. The number of nitrogens with zero attached hydrogens (tertiary/aromatic N) is 3. The summed E-state index contributed by atoms with van der Waals surface area (Å²) in [6.07, 6.45) is 4.08. The quantitative estimate of drug-likeness (QED) is 0.196. The molecule has 4 rings (SSSR count). The standard InChI is InChI=1S/C27H30N6O5S/c1-18-8-5-9-19(2)25(18)39(37,38)32-22(27(35)36)17-30-26(34)20-10-6-11-23-21(20)16-31-33(23)15-7-14-29-24-12-3-4-13-28-24/h3-6,8-13,16,22,32H,7,14-15,17H2,1-2H3,(H,28,29)(H,30,34)(H,35,36). The van der Waals surface area contributed by atoms with Crippen LogP contribution in [0.15, 0.2) is 71.9 Å². The van der Waals surface area contributed by atoms with Crippen molar-refractivity contribution >= 4 is 38.6 Å². The predicted octanol–water partition coefficient (Wildman–Crippen LogP) is 2.71. The number of nitrogens with one attached hydrogen (secondary N) is 3. The number of carboxylic acid groups (broad SMARTS) is 1. The van der Waals surface area contributed by atoms with E-state index < -0.39 is 34.5 Å². The summed E-state index contributed by atoms with van der Waals surface area (Å²) < 4.78 is 29.9. The average molecular weight is 551 g/mol. The number of fused-ring (bicyclic) bond motifs is 1. The van der Waals surface area contributed by atoms with E-state index in [0.29, 0.717) is 35.2 Å². The van der Waals surface area contributed by atoms with E-state index >= 15 is 0 Å². The molecule has 0 aliphatic carbocycles. The van der Waals surface area contributed by atoms with Crippen molar-refractivity contribution in [2.24, 2.45) is 0 Å². The number of carboxylic acids is 1. The highest BCUT2D eigenvalue weighted by Crippen LogP contribution is 2.21. The molecule has 0 saturated heterocycles. The number of anilines is 1. The number of amides is 1. The van der Waals surface area contributed by atoms with E-state index in [4.69, 9.17) is 0 Å². The highest BCUT2D eigenvalue weighted by molar-refractivity contribution is 7.89. The minimum Gasteiger partial charge on any atom is -0.480 e. The minimum atomic E-state index is -4.14. The van der Waals surface area contributed by atoms with Crippen molar-refractivity contribution in [3.8, 4) is 0 Å². The zero-order chi connectivity index (χ0) is 28.0. The lowest BCUT2D eigenvalue weighted by Crippen LogP contribution is -2.48. The number of pyridine rings is 1. The largest absolute Gasteiger partial charge is 0.480 e. The third-order valence-electron chi connectivity index (χ3n) is 6.19. The number of carbonyl (C=O) groups is 2. The maximum atomic E-state index is 13.0. The van der Waals surface area contributed by atoms with Gasteiger partial charge in [0, 0.05) is 31.2 Å². The summed E-state index contributed by atoms with van der Waals surface area (Å²) in [6.45, 7) is 4.12. The van der Waals surface area contributed by atoms with Gasteiger partial charge < -0.3 is 15.7 Å². The molecule has 11 nitrogen and oxygen atoms in total. The summed E-state index contributed by atoms with van der Waals surface area (Å²) in [7, 11) is -4.14. The molecule has 1 atom stereocenters. The Hall–Kier alpha value is -4.29. The zero-order valence-corrected chi connectivity index (χ0v) is 22.4. The minimum absolute atomic E-state index is 0.0231. The van der Waals surface area contributed by atoms with Gasteiger partial charge in [-0.25, -0.2) is 13.4 Å². The fraction of sp³-hybridized carbons (Fsp3) is 0.259. The number of aryl methyl sites for hydroxylation is 3. The third-order valence-corrected chi connectivity index (χ3v) is 7.97. The number of sulfonamides is 1. The molecule has 2 aromatic heterocycles. The lowest BCUT2D eigenvalue weighted by atomic mass is 10.1. The lowest BCUT2D eigenvalue weighted by molar-refractivity contribution is -0.138. The van der Waals surface area contributed by atoms with Crippen molar-refractivity contribution in [1.29, 1.82) is 0 Å². The van der Waals surface area contributed by atoms with Crippen molar-refractivity contribution in [3.63, 3.8) is 0 Å². The molecule has 4 aromatic rings. The van der Waals surface area contributed by atoms with Crippen molar-refractivity contribution in [2.45, 2.75) is 37.8 Å². The van der Waals surface area contributed by atoms with Crippen LogP contribution in [0.4, 0.5) is 5.82 Å². The number of hydrogen-bond acceptors (Lipinski definition) is 7. The van der Waals surface area contributed by atoms with Gasteiger partial charge in [0.05, 0.1) is 22.2 Å². The molecule has 0 spiro atoms. The van der Waals surface area contributed by atoms with Crippen LogP contribution in [0.1, 0.15) is 27.9 Å². The molecule has 204 valence electrons. The number of aliphatic carboxylic acids is 1. The first kappa shape index (κ1) is 27.7. The normalized spacial score (nSPS) is 12.3. The number of aromatic nitrogens is 3. The Morgan fingerprint density at radius 3 is 2.46 bits per heavy atom. The molecular weight excluding hydrogens is 520 g/mol. The topological polar surface area (TPSA) is 155 Å². The Morgan fingerprint density at radius 2 is 1.77 bits per heavy atom. The van der Waals surface area contributed by atoms with E-state index in [1.165, 1.54) is 0 Å². The first-order chi connectivity index (χ1) is 18.7. The number of benzene rings is 2. The van der Waals surface area contributed by atoms with Gasteiger partial charge in [0.2, 0.25) is 10.0 Å². The van der Waals surface area contributed by atoms with Crippen molar-refractivity contribution < 1.29 is 23.1 Å². The SMILES string of the molecule is Cc1cccc(C)c1S(=O)(=O)NC(CNC(=O)c1cccc2c1cnn2CCCNc1ccccn1)C(=O)O. The monoisotopic (exact) mass is 550 g/mol. The van der Waals surface area contributed by atoms with Crippen LogP contribution in [0, 0.1) is 13.8 Å². The third kappa shape index (κ3) is 6.59. The van der Waals surface area contributed by atoms with Crippen molar-refractivity contribution in [3.05, 3.63) is 83.7 Å². The lowest BCUT2D eigenvalue weighted by Gasteiger charge is -2.18. The first-order valence-corrected chi connectivity index (χ1v) is 13.8. The highest BCUT2D eigenvalue weighted by atomic mass is 32.2. The summed E-state index contributed by atoms with van der Waals surface area (Å²) >= 11 is 0. The van der Waals surface area contributed by atoms with Crippen LogP contribution in [0.2, 0.25) is 0 Å². The van der Waals surface area contributed by atoms with Gasteiger partial charge in [0.1, 0.15) is 11.9 Å². The smallest absolute Gasteiger partial charge is 0.323 e. The molecule has 39 heavy (non-hydrogen) atoms. The van der Waals surface area contributed by atoms with Gasteiger partial charge in [-0.05, 0) is 55.7 Å². The van der Waals surface area contributed by atoms with Crippen LogP contribution in [-0.2, 0) is 21.4 Å². The second-order valence-electron chi connectivity index (χ2n) is 9.04. The van der Waals surface area contributed by atoms with E-state index in [9.17, 15) is 23.1 Å². The number of hydrogen-bond donors (Lipinski definition) is 4. The molecule has 2 aromatic carbocycles. The Kier molecular flexibility index (Phi) is 8.57.